The third-order valence-electron chi connectivity index (χ3n) is 2.63. The lowest BCUT2D eigenvalue weighted by Gasteiger charge is -2.01. The lowest BCUT2D eigenvalue weighted by molar-refractivity contribution is 0.629. The molecule has 1 heterocycles. The molecule has 2 aromatic carbocycles. The van der Waals surface area contributed by atoms with Crippen molar-refractivity contribution in [2.24, 2.45) is 0 Å². The first-order chi connectivity index (χ1) is 8.65. The molecule has 0 radical (unpaired) electrons. The lowest BCUT2D eigenvalue weighted by Crippen LogP contribution is -1.93. The number of halogens is 2. The molecule has 5 heteroatoms. The van der Waals surface area contributed by atoms with Gasteiger partial charge in [0.05, 0.1) is 15.9 Å². The molecule has 3 rings (SSSR count). The number of thiazole rings is 1. The third kappa shape index (κ3) is 1.73. The quantitative estimate of drug-likeness (QED) is 0.677. The number of nitrogens with two attached hydrogens (primary N) is 1. The average molecular weight is 262 g/mol. The Labute approximate surface area is 106 Å². The first kappa shape index (κ1) is 11.1. The van der Waals surface area contributed by atoms with Gasteiger partial charge in [0.15, 0.2) is 0 Å². The molecular weight excluding hydrogens is 254 g/mol. The number of aromatic nitrogens is 1. The van der Waals surface area contributed by atoms with Gasteiger partial charge in [-0.25, -0.2) is 13.8 Å². The second-order valence-corrected chi connectivity index (χ2v) is 4.86. The van der Waals surface area contributed by atoms with Crippen LogP contribution in [0.25, 0.3) is 20.8 Å². The van der Waals surface area contributed by atoms with E-state index in [1.807, 2.05) is 0 Å². The van der Waals surface area contributed by atoms with Crippen LogP contribution < -0.4 is 5.73 Å². The Morgan fingerprint density at radius 2 is 1.94 bits per heavy atom. The largest absolute Gasteiger partial charge is 0.396 e. The SMILES string of the molecule is Nc1c(F)cccc1-c1nc2cc(F)ccc2s1. The Balaban J connectivity index is 2.22. The van der Waals surface area contributed by atoms with Gasteiger partial charge in [0, 0.05) is 11.6 Å². The Bertz CT molecular complexity index is 737. The van der Waals surface area contributed by atoms with E-state index in [2.05, 4.69) is 4.98 Å². The number of hydrogen-bond donors (Lipinski definition) is 1. The summed E-state index contributed by atoms with van der Waals surface area (Å²) in [6.07, 6.45) is 0. The maximum atomic E-state index is 13.4. The number of fused-ring (bicyclic) bond motifs is 1. The molecule has 0 aliphatic carbocycles. The fraction of sp³-hybridized carbons (Fsp3) is 0. The summed E-state index contributed by atoms with van der Waals surface area (Å²) in [5, 5.41) is 0.590. The van der Waals surface area contributed by atoms with Crippen LogP contribution in [0.4, 0.5) is 14.5 Å². The van der Waals surface area contributed by atoms with E-state index in [1.165, 1.54) is 29.5 Å². The molecule has 0 aliphatic heterocycles. The number of hydrogen-bond acceptors (Lipinski definition) is 3. The molecule has 0 spiro atoms. The van der Waals surface area contributed by atoms with Gasteiger partial charge in [0.25, 0.3) is 0 Å². The zero-order chi connectivity index (χ0) is 12.7. The van der Waals surface area contributed by atoms with Gasteiger partial charge >= 0.3 is 0 Å². The van der Waals surface area contributed by atoms with E-state index in [0.29, 0.717) is 16.1 Å². The van der Waals surface area contributed by atoms with E-state index in [0.717, 1.165) is 4.70 Å². The maximum Gasteiger partial charge on any atom is 0.146 e. The number of nitrogens with zero attached hydrogens (tertiary/aromatic N) is 1. The molecule has 0 amide bonds. The molecule has 3 aromatic rings. The Morgan fingerprint density at radius 3 is 2.78 bits per heavy atom. The number of anilines is 1. The summed E-state index contributed by atoms with van der Waals surface area (Å²) in [7, 11) is 0. The van der Waals surface area contributed by atoms with Crippen LogP contribution in [0.3, 0.4) is 0 Å². The van der Waals surface area contributed by atoms with E-state index < -0.39 is 5.82 Å². The zero-order valence-electron chi connectivity index (χ0n) is 9.15. The van der Waals surface area contributed by atoms with Crippen molar-refractivity contribution < 1.29 is 8.78 Å². The van der Waals surface area contributed by atoms with Gasteiger partial charge < -0.3 is 5.73 Å². The van der Waals surface area contributed by atoms with Crippen molar-refractivity contribution in [2.45, 2.75) is 0 Å². The summed E-state index contributed by atoms with van der Waals surface area (Å²) in [4.78, 5) is 4.28. The average Bonchev–Trinajstić information content (AvgIpc) is 2.75. The van der Waals surface area contributed by atoms with Crippen molar-refractivity contribution in [1.29, 1.82) is 0 Å². The van der Waals surface area contributed by atoms with E-state index in [-0.39, 0.29) is 11.5 Å². The summed E-state index contributed by atoms with van der Waals surface area (Å²) in [6, 6.07) is 8.96. The van der Waals surface area contributed by atoms with Gasteiger partial charge in [-0.1, -0.05) is 6.07 Å². The van der Waals surface area contributed by atoms with E-state index in [1.54, 1.807) is 18.2 Å². The van der Waals surface area contributed by atoms with Crippen LogP contribution in [-0.2, 0) is 0 Å². The van der Waals surface area contributed by atoms with Crippen LogP contribution in [0.15, 0.2) is 36.4 Å². The summed E-state index contributed by atoms with van der Waals surface area (Å²) in [6.45, 7) is 0. The van der Waals surface area contributed by atoms with Crippen molar-refractivity contribution in [3.63, 3.8) is 0 Å². The molecule has 2 nitrogen and oxygen atoms in total. The topological polar surface area (TPSA) is 38.9 Å². The number of nitrogen functional groups attached to an aromatic ring is 1. The predicted octanol–water partition coefficient (Wildman–Crippen LogP) is 3.82. The van der Waals surface area contributed by atoms with Crippen LogP contribution in [-0.4, -0.2) is 4.98 Å². The molecule has 0 unspecified atom stereocenters. The molecule has 0 fully saturated rings. The fourth-order valence-corrected chi connectivity index (χ4v) is 2.72. The maximum absolute atomic E-state index is 13.4. The highest BCUT2D eigenvalue weighted by molar-refractivity contribution is 7.21. The minimum absolute atomic E-state index is 0.0667. The van der Waals surface area contributed by atoms with Gasteiger partial charge in [-0.3, -0.25) is 0 Å². The molecule has 0 saturated carbocycles. The summed E-state index contributed by atoms with van der Waals surface area (Å²) in [5.41, 5.74) is 6.84. The van der Waals surface area contributed by atoms with Crippen LogP contribution in [0.5, 0.6) is 0 Å². The van der Waals surface area contributed by atoms with Crippen LogP contribution in [0.2, 0.25) is 0 Å². The van der Waals surface area contributed by atoms with Crippen LogP contribution >= 0.6 is 11.3 Å². The summed E-state index contributed by atoms with van der Waals surface area (Å²) >= 11 is 1.36. The van der Waals surface area contributed by atoms with Crippen molar-refractivity contribution in [2.75, 3.05) is 5.73 Å². The Hall–Kier alpha value is -2.01. The summed E-state index contributed by atoms with van der Waals surface area (Å²) in [5.74, 6) is -0.815. The first-order valence-corrected chi connectivity index (χ1v) is 6.07. The number of benzene rings is 2. The molecular formula is C13H8F2N2S. The molecule has 1 aromatic heterocycles. The smallest absolute Gasteiger partial charge is 0.146 e. The second-order valence-electron chi connectivity index (χ2n) is 3.83. The summed E-state index contributed by atoms with van der Waals surface area (Å²) < 4.78 is 27.3. The standard InChI is InChI=1S/C13H8F2N2S/c14-7-4-5-11-10(6-7)17-13(18-11)8-2-1-3-9(15)12(8)16/h1-6H,16H2. The minimum Gasteiger partial charge on any atom is -0.396 e. The van der Waals surface area contributed by atoms with Crippen LogP contribution in [0.1, 0.15) is 0 Å². The highest BCUT2D eigenvalue weighted by Gasteiger charge is 2.11. The number of para-hydroxylation sites is 1. The normalized spacial score (nSPS) is 11.0. The molecule has 0 bridgehead atoms. The fourth-order valence-electron chi connectivity index (χ4n) is 1.74. The van der Waals surface area contributed by atoms with Gasteiger partial charge in [-0.2, -0.15) is 0 Å². The molecule has 2 N–H and O–H groups in total. The Morgan fingerprint density at radius 1 is 1.11 bits per heavy atom. The van der Waals surface area contributed by atoms with E-state index in [4.69, 9.17) is 5.73 Å². The van der Waals surface area contributed by atoms with E-state index in [9.17, 15) is 8.78 Å². The second kappa shape index (κ2) is 4.03. The van der Waals surface area contributed by atoms with Crippen LogP contribution in [0, 0.1) is 11.6 Å². The molecule has 0 atom stereocenters. The van der Waals surface area contributed by atoms with Gasteiger partial charge in [0.2, 0.25) is 0 Å². The van der Waals surface area contributed by atoms with Crippen molar-refractivity contribution in [1.82, 2.24) is 4.98 Å². The predicted molar refractivity (Wildman–Crippen MR) is 69.4 cm³/mol. The zero-order valence-corrected chi connectivity index (χ0v) is 9.97. The van der Waals surface area contributed by atoms with E-state index >= 15 is 0 Å². The van der Waals surface area contributed by atoms with Crippen molar-refractivity contribution in [3.8, 4) is 10.6 Å². The Kier molecular flexibility index (Phi) is 2.48. The van der Waals surface area contributed by atoms with Gasteiger partial charge in [0.1, 0.15) is 16.6 Å². The highest BCUT2D eigenvalue weighted by atomic mass is 32.1. The molecule has 0 saturated heterocycles. The lowest BCUT2D eigenvalue weighted by atomic mass is 10.2. The van der Waals surface area contributed by atoms with Gasteiger partial charge in [-0.15, -0.1) is 11.3 Å². The minimum atomic E-state index is -0.474. The molecule has 90 valence electrons. The first-order valence-electron chi connectivity index (χ1n) is 5.25. The molecule has 18 heavy (non-hydrogen) atoms. The highest BCUT2D eigenvalue weighted by Crippen LogP contribution is 2.34. The molecule has 0 aliphatic rings. The van der Waals surface area contributed by atoms with Crippen molar-refractivity contribution in [3.05, 3.63) is 48.0 Å². The monoisotopic (exact) mass is 262 g/mol. The van der Waals surface area contributed by atoms with Crippen molar-refractivity contribution >= 4 is 27.2 Å². The third-order valence-corrected chi connectivity index (χ3v) is 3.70. The number of rotatable bonds is 1. The van der Waals surface area contributed by atoms with Gasteiger partial charge in [-0.05, 0) is 24.3 Å².